The van der Waals surface area contributed by atoms with Crippen LogP contribution in [0.1, 0.15) is 49.0 Å². The highest BCUT2D eigenvalue weighted by Gasteiger charge is 2.29. The molecule has 1 unspecified atom stereocenters. The van der Waals surface area contributed by atoms with Crippen molar-refractivity contribution in [2.24, 2.45) is 0 Å². The predicted molar refractivity (Wildman–Crippen MR) is 63.6 cm³/mol. The standard InChI is InChI=1S/C14H18O2/c1-11(15)12-5-7-13(8-6-12)14(2)9-3-4-10-16-14/h5-8H,3-4,9-10H2,1-2H3. The van der Waals surface area contributed by atoms with Crippen LogP contribution in [0.5, 0.6) is 0 Å². The van der Waals surface area contributed by atoms with Crippen LogP contribution in [0.3, 0.4) is 0 Å². The molecule has 1 fully saturated rings. The second kappa shape index (κ2) is 4.38. The Morgan fingerprint density at radius 2 is 1.94 bits per heavy atom. The van der Waals surface area contributed by atoms with E-state index in [-0.39, 0.29) is 11.4 Å². The highest BCUT2D eigenvalue weighted by atomic mass is 16.5. The number of hydrogen-bond acceptors (Lipinski definition) is 2. The highest BCUT2D eigenvalue weighted by Crippen LogP contribution is 2.34. The predicted octanol–water partition coefficient (Wildman–Crippen LogP) is 3.30. The van der Waals surface area contributed by atoms with E-state index in [0.717, 1.165) is 25.0 Å². The van der Waals surface area contributed by atoms with Gasteiger partial charge in [-0.05, 0) is 38.7 Å². The van der Waals surface area contributed by atoms with Crippen molar-refractivity contribution in [3.05, 3.63) is 35.4 Å². The molecule has 0 N–H and O–H groups in total. The summed E-state index contributed by atoms with van der Waals surface area (Å²) >= 11 is 0. The zero-order chi connectivity index (χ0) is 11.6. The number of Topliss-reactive ketones (excluding diaryl/α,β-unsaturated/α-hetero) is 1. The zero-order valence-electron chi connectivity index (χ0n) is 9.95. The molecule has 0 saturated carbocycles. The number of ketones is 1. The van der Waals surface area contributed by atoms with E-state index in [9.17, 15) is 4.79 Å². The van der Waals surface area contributed by atoms with Gasteiger partial charge in [0, 0.05) is 12.2 Å². The number of carbonyl (C=O) groups excluding carboxylic acids is 1. The molecule has 86 valence electrons. The van der Waals surface area contributed by atoms with Gasteiger partial charge in [-0.15, -0.1) is 0 Å². The summed E-state index contributed by atoms with van der Waals surface area (Å²) in [6, 6.07) is 7.81. The van der Waals surface area contributed by atoms with Crippen LogP contribution in [-0.2, 0) is 10.3 Å². The van der Waals surface area contributed by atoms with E-state index >= 15 is 0 Å². The van der Waals surface area contributed by atoms with E-state index in [2.05, 4.69) is 6.92 Å². The monoisotopic (exact) mass is 218 g/mol. The molecule has 0 aromatic heterocycles. The van der Waals surface area contributed by atoms with Gasteiger partial charge < -0.3 is 4.74 Å². The number of benzene rings is 1. The smallest absolute Gasteiger partial charge is 0.159 e. The van der Waals surface area contributed by atoms with Gasteiger partial charge in [0.15, 0.2) is 5.78 Å². The molecule has 0 bridgehead atoms. The third-order valence-electron chi connectivity index (χ3n) is 3.37. The van der Waals surface area contributed by atoms with Gasteiger partial charge in [-0.1, -0.05) is 24.3 Å². The van der Waals surface area contributed by atoms with E-state index in [4.69, 9.17) is 4.74 Å². The quantitative estimate of drug-likeness (QED) is 0.712. The SMILES string of the molecule is CC(=O)c1ccc(C2(C)CCCCO2)cc1. The Kier molecular flexibility index (Phi) is 3.10. The first-order chi connectivity index (χ1) is 7.62. The van der Waals surface area contributed by atoms with E-state index in [1.165, 1.54) is 12.0 Å². The molecule has 1 saturated heterocycles. The summed E-state index contributed by atoms with van der Waals surface area (Å²) in [7, 11) is 0. The Morgan fingerprint density at radius 3 is 2.44 bits per heavy atom. The topological polar surface area (TPSA) is 26.3 Å². The Balaban J connectivity index is 2.23. The Bertz CT molecular complexity index is 372. The molecule has 1 heterocycles. The summed E-state index contributed by atoms with van der Waals surface area (Å²) in [5.41, 5.74) is 1.79. The van der Waals surface area contributed by atoms with Crippen LogP contribution < -0.4 is 0 Å². The van der Waals surface area contributed by atoms with E-state index in [1.54, 1.807) is 6.92 Å². The second-order valence-electron chi connectivity index (χ2n) is 4.67. The maximum absolute atomic E-state index is 11.2. The number of hydrogen-bond donors (Lipinski definition) is 0. The number of ether oxygens (including phenoxy) is 1. The average Bonchev–Trinajstić information content (AvgIpc) is 2.30. The van der Waals surface area contributed by atoms with Gasteiger partial charge in [0.05, 0.1) is 5.60 Å². The van der Waals surface area contributed by atoms with Crippen LogP contribution in [0.4, 0.5) is 0 Å². The highest BCUT2D eigenvalue weighted by molar-refractivity contribution is 5.94. The largest absolute Gasteiger partial charge is 0.371 e. The van der Waals surface area contributed by atoms with Crippen molar-refractivity contribution >= 4 is 5.78 Å². The maximum Gasteiger partial charge on any atom is 0.159 e. The molecule has 2 rings (SSSR count). The van der Waals surface area contributed by atoms with Gasteiger partial charge in [0.25, 0.3) is 0 Å². The van der Waals surface area contributed by atoms with Crippen molar-refractivity contribution in [1.29, 1.82) is 0 Å². The third kappa shape index (κ3) is 2.17. The maximum atomic E-state index is 11.2. The van der Waals surface area contributed by atoms with Gasteiger partial charge in [-0.25, -0.2) is 0 Å². The first-order valence-electron chi connectivity index (χ1n) is 5.87. The lowest BCUT2D eigenvalue weighted by Crippen LogP contribution is -2.30. The molecule has 1 aromatic carbocycles. The van der Waals surface area contributed by atoms with Crippen molar-refractivity contribution in [2.75, 3.05) is 6.61 Å². The molecular formula is C14H18O2. The van der Waals surface area contributed by atoms with Crippen LogP contribution in [-0.4, -0.2) is 12.4 Å². The second-order valence-corrected chi connectivity index (χ2v) is 4.67. The summed E-state index contributed by atoms with van der Waals surface area (Å²) in [5, 5.41) is 0. The Morgan fingerprint density at radius 1 is 1.25 bits per heavy atom. The molecule has 0 aliphatic carbocycles. The molecule has 0 radical (unpaired) electrons. The average molecular weight is 218 g/mol. The van der Waals surface area contributed by atoms with Gasteiger partial charge >= 0.3 is 0 Å². The van der Waals surface area contributed by atoms with Gasteiger partial charge in [-0.2, -0.15) is 0 Å². The summed E-state index contributed by atoms with van der Waals surface area (Å²) in [5.74, 6) is 0.112. The summed E-state index contributed by atoms with van der Waals surface area (Å²) in [4.78, 5) is 11.2. The normalized spacial score (nSPS) is 25.4. The molecule has 1 aliphatic heterocycles. The lowest BCUT2D eigenvalue weighted by molar-refractivity contribution is -0.0701. The minimum absolute atomic E-state index is 0.112. The van der Waals surface area contributed by atoms with Gasteiger partial charge in [0.1, 0.15) is 0 Å². The fraction of sp³-hybridized carbons (Fsp3) is 0.500. The molecule has 2 heteroatoms. The fourth-order valence-electron chi connectivity index (χ4n) is 2.22. The molecule has 2 nitrogen and oxygen atoms in total. The minimum Gasteiger partial charge on any atom is -0.371 e. The number of rotatable bonds is 2. The zero-order valence-corrected chi connectivity index (χ0v) is 9.95. The molecule has 1 atom stereocenters. The Hall–Kier alpha value is -1.15. The van der Waals surface area contributed by atoms with E-state index in [0.29, 0.717) is 0 Å². The van der Waals surface area contributed by atoms with Crippen molar-refractivity contribution in [3.8, 4) is 0 Å². The van der Waals surface area contributed by atoms with Gasteiger partial charge in [-0.3, -0.25) is 4.79 Å². The third-order valence-corrected chi connectivity index (χ3v) is 3.37. The van der Waals surface area contributed by atoms with Crippen LogP contribution in [0.25, 0.3) is 0 Å². The van der Waals surface area contributed by atoms with Crippen molar-refractivity contribution in [1.82, 2.24) is 0 Å². The first-order valence-corrected chi connectivity index (χ1v) is 5.87. The van der Waals surface area contributed by atoms with E-state index in [1.807, 2.05) is 24.3 Å². The van der Waals surface area contributed by atoms with Crippen molar-refractivity contribution in [3.63, 3.8) is 0 Å². The summed E-state index contributed by atoms with van der Waals surface area (Å²) < 4.78 is 5.87. The number of carbonyl (C=O) groups is 1. The lowest BCUT2D eigenvalue weighted by atomic mass is 9.88. The van der Waals surface area contributed by atoms with Crippen LogP contribution in [0.15, 0.2) is 24.3 Å². The molecular weight excluding hydrogens is 200 g/mol. The first kappa shape index (κ1) is 11.3. The summed E-state index contributed by atoms with van der Waals surface area (Å²) in [6.07, 6.45) is 3.43. The molecule has 0 amide bonds. The molecule has 0 spiro atoms. The fourth-order valence-corrected chi connectivity index (χ4v) is 2.22. The van der Waals surface area contributed by atoms with Crippen molar-refractivity contribution in [2.45, 2.75) is 38.7 Å². The summed E-state index contributed by atoms with van der Waals surface area (Å²) in [6.45, 7) is 4.56. The molecule has 1 aromatic rings. The van der Waals surface area contributed by atoms with E-state index < -0.39 is 0 Å². The molecule has 1 aliphatic rings. The minimum atomic E-state index is -0.159. The van der Waals surface area contributed by atoms with Crippen LogP contribution >= 0.6 is 0 Å². The molecule has 16 heavy (non-hydrogen) atoms. The van der Waals surface area contributed by atoms with Crippen molar-refractivity contribution < 1.29 is 9.53 Å². The van der Waals surface area contributed by atoms with Crippen LogP contribution in [0, 0.1) is 0 Å². The van der Waals surface area contributed by atoms with Gasteiger partial charge in [0.2, 0.25) is 0 Å². The lowest BCUT2D eigenvalue weighted by Gasteiger charge is -2.34. The Labute approximate surface area is 96.6 Å². The van der Waals surface area contributed by atoms with Crippen LogP contribution in [0.2, 0.25) is 0 Å².